The fourth-order valence-electron chi connectivity index (χ4n) is 2.05. The number of rotatable bonds is 6. The van der Waals surface area contributed by atoms with Gasteiger partial charge in [-0.3, -0.25) is 9.59 Å². The van der Waals surface area contributed by atoms with Gasteiger partial charge in [0.25, 0.3) is 0 Å². The zero-order valence-electron chi connectivity index (χ0n) is 12.7. The monoisotopic (exact) mass is 296 g/mol. The molecular formula is C15H24N2O2S. The normalized spacial score (nSPS) is 18.4. The largest absolute Gasteiger partial charge is 0.330 e. The van der Waals surface area contributed by atoms with Crippen molar-refractivity contribution in [1.82, 2.24) is 10.6 Å². The molecule has 1 unspecified atom stereocenters. The van der Waals surface area contributed by atoms with Crippen molar-refractivity contribution in [1.29, 1.82) is 0 Å². The Morgan fingerprint density at radius 1 is 1.30 bits per heavy atom. The summed E-state index contributed by atoms with van der Waals surface area (Å²) >= 11 is 1.50. The molecule has 0 heterocycles. The lowest BCUT2D eigenvalue weighted by Crippen LogP contribution is -2.31. The van der Waals surface area contributed by atoms with E-state index in [-0.39, 0.29) is 17.7 Å². The number of carbonyl (C=O) groups is 2. The number of nitrogens with one attached hydrogen (secondary N) is 2. The van der Waals surface area contributed by atoms with E-state index in [9.17, 15) is 9.59 Å². The van der Waals surface area contributed by atoms with Gasteiger partial charge in [0, 0.05) is 23.7 Å². The molecule has 0 fully saturated rings. The van der Waals surface area contributed by atoms with Crippen LogP contribution in [0.15, 0.2) is 23.5 Å². The van der Waals surface area contributed by atoms with Gasteiger partial charge >= 0.3 is 0 Å². The van der Waals surface area contributed by atoms with E-state index in [2.05, 4.69) is 10.6 Å². The second-order valence-electron chi connectivity index (χ2n) is 5.55. The van der Waals surface area contributed by atoms with Crippen LogP contribution in [0.4, 0.5) is 0 Å². The molecule has 0 aromatic heterocycles. The highest BCUT2D eigenvalue weighted by Crippen LogP contribution is 2.22. The van der Waals surface area contributed by atoms with Crippen LogP contribution in [0.2, 0.25) is 0 Å². The van der Waals surface area contributed by atoms with Crippen LogP contribution in [0.25, 0.3) is 0 Å². The summed E-state index contributed by atoms with van der Waals surface area (Å²) in [5.74, 6) is 1.11. The van der Waals surface area contributed by atoms with Crippen LogP contribution >= 0.6 is 11.8 Å². The van der Waals surface area contributed by atoms with Gasteiger partial charge in [0.05, 0.1) is 5.75 Å². The van der Waals surface area contributed by atoms with Crippen LogP contribution in [0, 0.1) is 11.8 Å². The summed E-state index contributed by atoms with van der Waals surface area (Å²) in [7, 11) is 0. The Balaban J connectivity index is 2.58. The third-order valence-corrected chi connectivity index (χ3v) is 3.52. The molecule has 1 atom stereocenters. The molecular weight excluding hydrogens is 272 g/mol. The maximum atomic E-state index is 11.7. The van der Waals surface area contributed by atoms with E-state index in [1.165, 1.54) is 11.8 Å². The number of allylic oxidation sites excluding steroid dienone is 4. The first-order valence-electron chi connectivity index (χ1n) is 6.91. The summed E-state index contributed by atoms with van der Waals surface area (Å²) in [6, 6.07) is 0. The van der Waals surface area contributed by atoms with Crippen LogP contribution in [0.1, 0.15) is 33.6 Å². The number of hydrogen-bond donors (Lipinski definition) is 2. The summed E-state index contributed by atoms with van der Waals surface area (Å²) in [5, 5.41) is 5.86. The summed E-state index contributed by atoms with van der Waals surface area (Å²) in [5.41, 5.74) is 1.84. The molecule has 0 saturated heterocycles. The number of thioether (sulfide) groups is 1. The molecule has 112 valence electrons. The van der Waals surface area contributed by atoms with Crippen molar-refractivity contribution in [2.45, 2.75) is 33.6 Å². The number of amides is 2. The van der Waals surface area contributed by atoms with Crippen molar-refractivity contribution in [3.05, 3.63) is 23.5 Å². The van der Waals surface area contributed by atoms with Crippen molar-refractivity contribution in [3.8, 4) is 0 Å². The lowest BCUT2D eigenvalue weighted by Gasteiger charge is -2.23. The fraction of sp³-hybridized carbons (Fsp3) is 0.600. The minimum atomic E-state index is 0.0243. The Bertz CT molecular complexity index is 428. The predicted molar refractivity (Wildman–Crippen MR) is 84.1 cm³/mol. The first-order valence-corrected chi connectivity index (χ1v) is 8.31. The molecule has 0 aromatic carbocycles. The van der Waals surface area contributed by atoms with Gasteiger partial charge in [-0.2, -0.15) is 11.8 Å². The molecule has 1 aliphatic rings. The minimum absolute atomic E-state index is 0.0243. The van der Waals surface area contributed by atoms with Gasteiger partial charge in [-0.05, 0) is 30.7 Å². The highest BCUT2D eigenvalue weighted by molar-refractivity contribution is 7.99. The van der Waals surface area contributed by atoms with E-state index in [1.54, 1.807) is 0 Å². The van der Waals surface area contributed by atoms with Gasteiger partial charge in [-0.25, -0.2) is 0 Å². The Morgan fingerprint density at radius 2 is 2.00 bits per heavy atom. The van der Waals surface area contributed by atoms with Crippen molar-refractivity contribution in [3.63, 3.8) is 0 Å². The Morgan fingerprint density at radius 3 is 2.55 bits per heavy atom. The van der Waals surface area contributed by atoms with Crippen LogP contribution in [0.3, 0.4) is 0 Å². The van der Waals surface area contributed by atoms with Crippen LogP contribution < -0.4 is 10.6 Å². The summed E-state index contributed by atoms with van der Waals surface area (Å²) in [6.45, 7) is 6.10. The van der Waals surface area contributed by atoms with E-state index >= 15 is 0 Å². The lowest BCUT2D eigenvalue weighted by molar-refractivity contribution is -0.121. The van der Waals surface area contributed by atoms with E-state index in [4.69, 9.17) is 0 Å². The molecule has 0 bridgehead atoms. The second kappa shape index (κ2) is 8.15. The maximum absolute atomic E-state index is 11.7. The van der Waals surface area contributed by atoms with E-state index in [0.29, 0.717) is 18.1 Å². The molecule has 4 nitrogen and oxygen atoms in total. The standard InChI is InChI=1S/C15H24N2O2S/c1-10(2)7-14(18)16-12-5-6-13(11(3)8-12)17-15(19)9-20-4/h5-6,10-11H,7-9H2,1-4H3,(H,16,18)(H,17,19). The smallest absolute Gasteiger partial charge is 0.234 e. The quantitative estimate of drug-likeness (QED) is 0.791. The fourth-order valence-corrected chi connectivity index (χ4v) is 2.38. The molecule has 20 heavy (non-hydrogen) atoms. The predicted octanol–water partition coefficient (Wildman–Crippen LogP) is 2.44. The minimum Gasteiger partial charge on any atom is -0.330 e. The molecule has 5 heteroatoms. The molecule has 0 spiro atoms. The molecule has 0 aliphatic heterocycles. The Hall–Kier alpha value is -1.23. The highest BCUT2D eigenvalue weighted by atomic mass is 32.2. The molecule has 2 amide bonds. The lowest BCUT2D eigenvalue weighted by atomic mass is 9.96. The van der Waals surface area contributed by atoms with Crippen LogP contribution in [0.5, 0.6) is 0 Å². The van der Waals surface area contributed by atoms with Gasteiger partial charge in [-0.15, -0.1) is 0 Å². The summed E-state index contributed by atoms with van der Waals surface area (Å²) < 4.78 is 0. The van der Waals surface area contributed by atoms with Gasteiger partial charge in [-0.1, -0.05) is 20.8 Å². The molecule has 0 radical (unpaired) electrons. The Kier molecular flexibility index (Phi) is 6.85. The summed E-state index contributed by atoms with van der Waals surface area (Å²) in [4.78, 5) is 23.3. The van der Waals surface area contributed by atoms with Crippen molar-refractivity contribution >= 4 is 23.6 Å². The molecule has 1 rings (SSSR count). The number of carbonyl (C=O) groups excluding carboxylic acids is 2. The van der Waals surface area contributed by atoms with Crippen molar-refractivity contribution in [2.24, 2.45) is 11.8 Å². The van der Waals surface area contributed by atoms with Gasteiger partial charge in [0.2, 0.25) is 11.8 Å². The Labute approximate surface area is 125 Å². The first kappa shape index (κ1) is 16.8. The zero-order valence-corrected chi connectivity index (χ0v) is 13.5. The van der Waals surface area contributed by atoms with Crippen molar-refractivity contribution < 1.29 is 9.59 Å². The average Bonchev–Trinajstić information content (AvgIpc) is 2.32. The van der Waals surface area contributed by atoms with E-state index < -0.39 is 0 Å². The first-order chi connectivity index (χ1) is 9.42. The van der Waals surface area contributed by atoms with Gasteiger partial charge in [0.15, 0.2) is 0 Å². The molecule has 2 N–H and O–H groups in total. The molecule has 0 aromatic rings. The van der Waals surface area contributed by atoms with E-state index in [0.717, 1.165) is 17.8 Å². The van der Waals surface area contributed by atoms with Gasteiger partial charge in [0.1, 0.15) is 0 Å². The SMILES string of the molecule is CSCC(=O)NC1=CC=C(NC(=O)CC(C)C)CC1C. The van der Waals surface area contributed by atoms with Crippen molar-refractivity contribution in [2.75, 3.05) is 12.0 Å². The molecule has 1 aliphatic carbocycles. The summed E-state index contributed by atoms with van der Waals surface area (Å²) in [6.07, 6.45) is 6.95. The van der Waals surface area contributed by atoms with Gasteiger partial charge < -0.3 is 10.6 Å². The highest BCUT2D eigenvalue weighted by Gasteiger charge is 2.18. The average molecular weight is 296 g/mol. The number of hydrogen-bond acceptors (Lipinski definition) is 3. The maximum Gasteiger partial charge on any atom is 0.234 e. The third kappa shape index (κ3) is 5.82. The molecule has 0 saturated carbocycles. The second-order valence-corrected chi connectivity index (χ2v) is 6.41. The van der Waals surface area contributed by atoms with E-state index in [1.807, 2.05) is 39.2 Å². The topological polar surface area (TPSA) is 58.2 Å². The van der Waals surface area contributed by atoms with Crippen LogP contribution in [-0.2, 0) is 9.59 Å². The zero-order chi connectivity index (χ0) is 15.1. The van der Waals surface area contributed by atoms with Crippen LogP contribution in [-0.4, -0.2) is 23.8 Å². The third-order valence-electron chi connectivity index (χ3n) is 2.97.